The largest absolute Gasteiger partial charge is 0.398 e. The van der Waals surface area contributed by atoms with E-state index < -0.39 is 0 Å². The molecule has 0 unspecified atom stereocenters. The summed E-state index contributed by atoms with van der Waals surface area (Å²) >= 11 is 3.44. The number of rotatable bonds is 3. The summed E-state index contributed by atoms with van der Waals surface area (Å²) < 4.78 is 0.991. The average Bonchev–Trinajstić information content (AvgIpc) is 3.19. The standard InChI is InChI=1S/C14H20BrN3/c15-13-4-1-11(9-14(13)16)10-17-5-7-18(8-6-17)12-2-3-12/h1,4,9,12H,2-3,5-8,10,16H2. The first-order chi connectivity index (χ1) is 8.72. The molecule has 1 saturated carbocycles. The first-order valence-electron chi connectivity index (χ1n) is 6.73. The fraction of sp³-hybridized carbons (Fsp3) is 0.571. The normalized spacial score (nSPS) is 22.3. The van der Waals surface area contributed by atoms with Crippen molar-refractivity contribution in [2.45, 2.75) is 25.4 Å². The van der Waals surface area contributed by atoms with Crippen LogP contribution in [0.2, 0.25) is 0 Å². The molecule has 1 heterocycles. The summed E-state index contributed by atoms with van der Waals surface area (Å²) in [5.41, 5.74) is 8.07. The molecule has 1 aliphatic carbocycles. The van der Waals surface area contributed by atoms with Gasteiger partial charge in [-0.15, -0.1) is 0 Å². The molecule has 0 amide bonds. The number of benzene rings is 1. The molecule has 3 rings (SSSR count). The Morgan fingerprint density at radius 2 is 1.89 bits per heavy atom. The minimum Gasteiger partial charge on any atom is -0.398 e. The molecule has 98 valence electrons. The third-order valence-electron chi connectivity index (χ3n) is 3.94. The molecule has 0 bridgehead atoms. The first-order valence-corrected chi connectivity index (χ1v) is 7.52. The predicted molar refractivity (Wildman–Crippen MR) is 78.4 cm³/mol. The van der Waals surface area contributed by atoms with E-state index in [-0.39, 0.29) is 0 Å². The Hall–Kier alpha value is -0.580. The molecule has 18 heavy (non-hydrogen) atoms. The molecule has 3 nitrogen and oxygen atoms in total. The Kier molecular flexibility index (Phi) is 3.59. The van der Waals surface area contributed by atoms with Crippen LogP contribution in [0.1, 0.15) is 18.4 Å². The fourth-order valence-electron chi connectivity index (χ4n) is 2.68. The van der Waals surface area contributed by atoms with Crippen LogP contribution in [0, 0.1) is 0 Å². The van der Waals surface area contributed by atoms with Crippen molar-refractivity contribution >= 4 is 21.6 Å². The fourth-order valence-corrected chi connectivity index (χ4v) is 2.92. The molecular formula is C14H20BrN3. The summed E-state index contributed by atoms with van der Waals surface area (Å²) in [6, 6.07) is 7.20. The molecular weight excluding hydrogens is 290 g/mol. The lowest BCUT2D eigenvalue weighted by atomic mass is 10.1. The van der Waals surface area contributed by atoms with Crippen LogP contribution in [0.25, 0.3) is 0 Å². The zero-order valence-electron chi connectivity index (χ0n) is 10.6. The van der Waals surface area contributed by atoms with Gasteiger partial charge in [0.05, 0.1) is 0 Å². The average molecular weight is 310 g/mol. The third kappa shape index (κ3) is 2.87. The number of anilines is 1. The van der Waals surface area contributed by atoms with Crippen LogP contribution in [0.5, 0.6) is 0 Å². The van der Waals surface area contributed by atoms with Gasteiger partial charge in [-0.2, -0.15) is 0 Å². The third-order valence-corrected chi connectivity index (χ3v) is 4.66. The monoisotopic (exact) mass is 309 g/mol. The SMILES string of the molecule is Nc1cc(CN2CCN(C3CC3)CC2)ccc1Br. The number of halogens is 1. The van der Waals surface area contributed by atoms with Gasteiger partial charge in [-0.3, -0.25) is 9.80 Å². The highest BCUT2D eigenvalue weighted by atomic mass is 79.9. The van der Waals surface area contributed by atoms with Gasteiger partial charge >= 0.3 is 0 Å². The summed E-state index contributed by atoms with van der Waals surface area (Å²) in [6.45, 7) is 5.86. The quantitative estimate of drug-likeness (QED) is 0.870. The second kappa shape index (κ2) is 5.19. The van der Waals surface area contributed by atoms with Crippen molar-refractivity contribution in [3.8, 4) is 0 Å². The molecule has 1 aromatic rings. The van der Waals surface area contributed by atoms with Crippen LogP contribution in [0.3, 0.4) is 0 Å². The molecule has 1 saturated heterocycles. The molecule has 2 N–H and O–H groups in total. The molecule has 1 aromatic carbocycles. The zero-order valence-corrected chi connectivity index (χ0v) is 12.2. The number of hydrogen-bond donors (Lipinski definition) is 1. The smallest absolute Gasteiger partial charge is 0.0461 e. The maximum atomic E-state index is 5.92. The van der Waals surface area contributed by atoms with E-state index in [1.54, 1.807) is 0 Å². The van der Waals surface area contributed by atoms with E-state index in [0.29, 0.717) is 0 Å². The highest BCUT2D eigenvalue weighted by molar-refractivity contribution is 9.10. The van der Waals surface area contributed by atoms with E-state index in [1.807, 2.05) is 6.07 Å². The van der Waals surface area contributed by atoms with E-state index in [1.165, 1.54) is 44.6 Å². The molecule has 0 spiro atoms. The van der Waals surface area contributed by atoms with Crippen molar-refractivity contribution < 1.29 is 0 Å². The minimum absolute atomic E-state index is 0.837. The second-order valence-corrected chi connectivity index (χ2v) is 6.25. The Bertz CT molecular complexity index is 423. The molecule has 4 heteroatoms. The first kappa shape index (κ1) is 12.5. The maximum absolute atomic E-state index is 5.92. The topological polar surface area (TPSA) is 32.5 Å². The molecule has 2 aliphatic rings. The van der Waals surface area contributed by atoms with Crippen molar-refractivity contribution in [1.82, 2.24) is 9.80 Å². The van der Waals surface area contributed by atoms with E-state index in [0.717, 1.165) is 22.7 Å². The summed E-state index contributed by atoms with van der Waals surface area (Å²) in [7, 11) is 0. The molecule has 0 aromatic heterocycles. The highest BCUT2D eigenvalue weighted by Crippen LogP contribution is 2.28. The summed E-state index contributed by atoms with van der Waals surface area (Å²) in [4.78, 5) is 5.17. The molecule has 0 radical (unpaired) electrons. The zero-order chi connectivity index (χ0) is 12.5. The van der Waals surface area contributed by atoms with Crippen molar-refractivity contribution in [3.63, 3.8) is 0 Å². The number of nitrogens with zero attached hydrogens (tertiary/aromatic N) is 2. The van der Waals surface area contributed by atoms with Gasteiger partial charge in [-0.25, -0.2) is 0 Å². The number of hydrogen-bond acceptors (Lipinski definition) is 3. The van der Waals surface area contributed by atoms with Crippen LogP contribution in [-0.4, -0.2) is 42.0 Å². The second-order valence-electron chi connectivity index (χ2n) is 5.40. The summed E-state index contributed by atoms with van der Waals surface area (Å²) in [5.74, 6) is 0. The number of nitrogens with two attached hydrogens (primary N) is 1. The highest BCUT2D eigenvalue weighted by Gasteiger charge is 2.30. The molecule has 2 fully saturated rings. The van der Waals surface area contributed by atoms with Gasteiger partial charge in [0.2, 0.25) is 0 Å². The Morgan fingerprint density at radius 1 is 1.17 bits per heavy atom. The Balaban J connectivity index is 1.55. The Morgan fingerprint density at radius 3 is 2.50 bits per heavy atom. The van der Waals surface area contributed by atoms with E-state index >= 15 is 0 Å². The van der Waals surface area contributed by atoms with Crippen molar-refractivity contribution in [2.24, 2.45) is 0 Å². The summed E-state index contributed by atoms with van der Waals surface area (Å²) in [6.07, 6.45) is 2.84. The van der Waals surface area contributed by atoms with Crippen molar-refractivity contribution in [2.75, 3.05) is 31.9 Å². The summed E-state index contributed by atoms with van der Waals surface area (Å²) in [5, 5.41) is 0. The van der Waals surface area contributed by atoms with Crippen LogP contribution < -0.4 is 5.73 Å². The lowest BCUT2D eigenvalue weighted by Gasteiger charge is -2.34. The van der Waals surface area contributed by atoms with E-state index in [2.05, 4.69) is 37.9 Å². The van der Waals surface area contributed by atoms with Gasteiger partial charge in [-0.05, 0) is 46.5 Å². The molecule has 1 aliphatic heterocycles. The van der Waals surface area contributed by atoms with Crippen molar-refractivity contribution in [1.29, 1.82) is 0 Å². The lowest BCUT2D eigenvalue weighted by molar-refractivity contribution is 0.121. The lowest BCUT2D eigenvalue weighted by Crippen LogP contribution is -2.46. The number of piperazine rings is 1. The van der Waals surface area contributed by atoms with Gasteiger partial charge in [-0.1, -0.05) is 6.07 Å². The van der Waals surface area contributed by atoms with E-state index in [9.17, 15) is 0 Å². The van der Waals surface area contributed by atoms with Crippen LogP contribution in [0.4, 0.5) is 5.69 Å². The van der Waals surface area contributed by atoms with Crippen LogP contribution >= 0.6 is 15.9 Å². The maximum Gasteiger partial charge on any atom is 0.0461 e. The van der Waals surface area contributed by atoms with Crippen LogP contribution in [-0.2, 0) is 6.54 Å². The number of nitrogen functional groups attached to an aromatic ring is 1. The van der Waals surface area contributed by atoms with E-state index in [4.69, 9.17) is 5.73 Å². The Labute approximate surface area is 117 Å². The van der Waals surface area contributed by atoms with Crippen molar-refractivity contribution in [3.05, 3.63) is 28.2 Å². The van der Waals surface area contributed by atoms with Gasteiger partial charge in [0.15, 0.2) is 0 Å². The van der Waals surface area contributed by atoms with Gasteiger partial charge in [0, 0.05) is 48.9 Å². The molecule has 0 atom stereocenters. The predicted octanol–water partition coefficient (Wildman–Crippen LogP) is 2.31. The van der Waals surface area contributed by atoms with Gasteiger partial charge < -0.3 is 5.73 Å². The minimum atomic E-state index is 0.837. The van der Waals surface area contributed by atoms with Gasteiger partial charge in [0.1, 0.15) is 0 Å². The van der Waals surface area contributed by atoms with Crippen LogP contribution in [0.15, 0.2) is 22.7 Å². The van der Waals surface area contributed by atoms with Gasteiger partial charge in [0.25, 0.3) is 0 Å².